The van der Waals surface area contributed by atoms with Crippen molar-refractivity contribution in [3.8, 4) is 0 Å². The van der Waals surface area contributed by atoms with Gasteiger partial charge in [0.2, 0.25) is 0 Å². The van der Waals surface area contributed by atoms with E-state index in [1.807, 2.05) is 19.2 Å². The Kier molecular flexibility index (Phi) is 4.49. The Balaban J connectivity index is 2.26. The van der Waals surface area contributed by atoms with E-state index < -0.39 is 0 Å². The van der Waals surface area contributed by atoms with E-state index in [4.69, 9.17) is 11.6 Å². The summed E-state index contributed by atoms with van der Waals surface area (Å²) >= 11 is 6.40. The number of hydrogen-bond acceptors (Lipinski definition) is 3. The molecule has 1 saturated heterocycles. The summed E-state index contributed by atoms with van der Waals surface area (Å²) in [7, 11) is 4.15. The largest absolute Gasteiger partial charge is 0.367 e. The Morgan fingerprint density at radius 3 is 2.83 bits per heavy atom. The van der Waals surface area contributed by atoms with Crippen LogP contribution in [0.25, 0.3) is 0 Å². The van der Waals surface area contributed by atoms with Gasteiger partial charge in [-0.3, -0.25) is 0 Å². The van der Waals surface area contributed by atoms with E-state index in [1.54, 1.807) is 0 Å². The van der Waals surface area contributed by atoms with Crippen LogP contribution in [0.4, 0.5) is 5.69 Å². The summed E-state index contributed by atoms with van der Waals surface area (Å²) in [5, 5.41) is 4.08. The second kappa shape index (κ2) is 5.91. The Morgan fingerprint density at radius 1 is 1.39 bits per heavy atom. The lowest BCUT2D eigenvalue weighted by molar-refractivity contribution is 0.234. The average molecular weight is 268 g/mol. The summed E-state index contributed by atoms with van der Waals surface area (Å²) in [5.41, 5.74) is 2.48. The van der Waals surface area contributed by atoms with Gasteiger partial charge >= 0.3 is 0 Å². The standard InChI is InChI=1S/C14H22ClN3/c1-11-10-18(8-7-17(11)3)14-12(9-16-2)5-4-6-13(14)15/h4-6,11,16H,7-10H2,1-3H3. The van der Waals surface area contributed by atoms with Crippen molar-refractivity contribution in [2.24, 2.45) is 0 Å². The van der Waals surface area contributed by atoms with Gasteiger partial charge in [0.05, 0.1) is 10.7 Å². The van der Waals surface area contributed by atoms with Crippen molar-refractivity contribution in [2.75, 3.05) is 38.6 Å². The van der Waals surface area contributed by atoms with Gasteiger partial charge in [0.25, 0.3) is 0 Å². The van der Waals surface area contributed by atoms with Crippen LogP contribution in [0.1, 0.15) is 12.5 Å². The maximum Gasteiger partial charge on any atom is 0.0642 e. The Morgan fingerprint density at radius 2 is 2.17 bits per heavy atom. The van der Waals surface area contributed by atoms with Gasteiger partial charge < -0.3 is 15.1 Å². The molecule has 1 heterocycles. The van der Waals surface area contributed by atoms with E-state index in [2.05, 4.69) is 35.2 Å². The van der Waals surface area contributed by atoms with Crippen molar-refractivity contribution in [1.82, 2.24) is 10.2 Å². The molecule has 1 aliphatic heterocycles. The zero-order chi connectivity index (χ0) is 13.1. The number of nitrogens with one attached hydrogen (secondary N) is 1. The molecule has 18 heavy (non-hydrogen) atoms. The average Bonchev–Trinajstić information content (AvgIpc) is 2.34. The lowest BCUT2D eigenvalue weighted by atomic mass is 10.1. The minimum atomic E-state index is 0.567. The summed E-state index contributed by atoms with van der Waals surface area (Å²) < 4.78 is 0. The fraction of sp³-hybridized carbons (Fsp3) is 0.571. The molecule has 0 saturated carbocycles. The second-order valence-corrected chi connectivity index (χ2v) is 5.46. The van der Waals surface area contributed by atoms with E-state index in [0.29, 0.717) is 6.04 Å². The number of benzene rings is 1. The van der Waals surface area contributed by atoms with E-state index in [1.165, 1.54) is 11.3 Å². The molecule has 0 spiro atoms. The van der Waals surface area contributed by atoms with Crippen LogP contribution in [0.15, 0.2) is 18.2 Å². The number of nitrogens with zero attached hydrogens (tertiary/aromatic N) is 2. The molecule has 0 radical (unpaired) electrons. The molecule has 2 rings (SSSR count). The number of rotatable bonds is 3. The van der Waals surface area contributed by atoms with Gasteiger partial charge in [0.1, 0.15) is 0 Å². The van der Waals surface area contributed by atoms with Crippen molar-refractivity contribution < 1.29 is 0 Å². The first-order valence-electron chi connectivity index (χ1n) is 6.50. The molecule has 0 bridgehead atoms. The summed E-state index contributed by atoms with van der Waals surface area (Å²) in [6.07, 6.45) is 0. The van der Waals surface area contributed by atoms with Crippen LogP contribution >= 0.6 is 11.6 Å². The van der Waals surface area contributed by atoms with Crippen LogP contribution in [0.2, 0.25) is 5.02 Å². The zero-order valence-corrected chi connectivity index (χ0v) is 12.2. The number of hydrogen-bond donors (Lipinski definition) is 1. The molecule has 100 valence electrons. The molecule has 1 aliphatic rings. The normalized spacial score (nSPS) is 21.3. The van der Waals surface area contributed by atoms with Crippen LogP contribution < -0.4 is 10.2 Å². The lowest BCUT2D eigenvalue weighted by Gasteiger charge is -2.40. The smallest absolute Gasteiger partial charge is 0.0642 e. The van der Waals surface area contributed by atoms with Gasteiger partial charge in [-0.15, -0.1) is 0 Å². The monoisotopic (exact) mass is 267 g/mol. The zero-order valence-electron chi connectivity index (χ0n) is 11.4. The van der Waals surface area contributed by atoms with Crippen molar-refractivity contribution >= 4 is 17.3 Å². The minimum Gasteiger partial charge on any atom is -0.367 e. The van der Waals surface area contributed by atoms with Crippen molar-refractivity contribution in [3.05, 3.63) is 28.8 Å². The van der Waals surface area contributed by atoms with E-state index in [0.717, 1.165) is 31.2 Å². The third-order valence-corrected chi connectivity index (χ3v) is 4.02. The lowest BCUT2D eigenvalue weighted by Crippen LogP contribution is -2.50. The van der Waals surface area contributed by atoms with Crippen LogP contribution in [-0.2, 0) is 6.54 Å². The first kappa shape index (κ1) is 13.7. The maximum absolute atomic E-state index is 6.40. The Hall–Kier alpha value is -0.770. The topological polar surface area (TPSA) is 18.5 Å². The molecule has 0 aliphatic carbocycles. The van der Waals surface area contributed by atoms with E-state index >= 15 is 0 Å². The molecular weight excluding hydrogens is 246 g/mol. The van der Waals surface area contributed by atoms with Crippen LogP contribution in [0.5, 0.6) is 0 Å². The molecular formula is C14H22ClN3. The SMILES string of the molecule is CNCc1cccc(Cl)c1N1CCN(C)C(C)C1. The second-order valence-electron chi connectivity index (χ2n) is 5.05. The third kappa shape index (κ3) is 2.79. The van der Waals surface area contributed by atoms with Crippen molar-refractivity contribution in [1.29, 1.82) is 0 Å². The highest BCUT2D eigenvalue weighted by atomic mass is 35.5. The fourth-order valence-corrected chi connectivity index (χ4v) is 2.81. The van der Waals surface area contributed by atoms with Gasteiger partial charge in [-0.05, 0) is 32.6 Å². The summed E-state index contributed by atoms with van der Waals surface area (Å²) in [4.78, 5) is 4.81. The predicted molar refractivity (Wildman–Crippen MR) is 78.5 cm³/mol. The summed E-state index contributed by atoms with van der Waals surface area (Å²) in [5.74, 6) is 0. The molecule has 1 fully saturated rings. The minimum absolute atomic E-state index is 0.567. The fourth-order valence-electron chi connectivity index (χ4n) is 2.50. The number of likely N-dealkylation sites (N-methyl/N-ethyl adjacent to an activating group) is 1. The van der Waals surface area contributed by atoms with Crippen LogP contribution in [0, 0.1) is 0 Å². The Labute approximate surface area is 115 Å². The third-order valence-electron chi connectivity index (χ3n) is 3.71. The molecule has 0 amide bonds. The molecule has 1 atom stereocenters. The molecule has 4 heteroatoms. The van der Waals surface area contributed by atoms with Gasteiger partial charge in [0.15, 0.2) is 0 Å². The van der Waals surface area contributed by atoms with Gasteiger partial charge in [-0.25, -0.2) is 0 Å². The maximum atomic E-state index is 6.40. The van der Waals surface area contributed by atoms with Crippen molar-refractivity contribution in [3.63, 3.8) is 0 Å². The number of piperazine rings is 1. The number of para-hydroxylation sites is 1. The first-order valence-corrected chi connectivity index (χ1v) is 6.88. The molecule has 3 nitrogen and oxygen atoms in total. The van der Waals surface area contributed by atoms with E-state index in [-0.39, 0.29) is 0 Å². The quantitative estimate of drug-likeness (QED) is 0.906. The van der Waals surface area contributed by atoms with E-state index in [9.17, 15) is 0 Å². The highest BCUT2D eigenvalue weighted by molar-refractivity contribution is 6.33. The highest BCUT2D eigenvalue weighted by Crippen LogP contribution is 2.31. The van der Waals surface area contributed by atoms with Crippen LogP contribution in [0.3, 0.4) is 0 Å². The molecule has 0 aromatic heterocycles. The molecule has 1 N–H and O–H groups in total. The van der Waals surface area contributed by atoms with Crippen LogP contribution in [-0.4, -0.2) is 44.7 Å². The predicted octanol–water partition coefficient (Wildman–Crippen LogP) is 2.20. The number of halogens is 1. The van der Waals surface area contributed by atoms with Gasteiger partial charge in [-0.1, -0.05) is 23.7 Å². The molecule has 1 unspecified atom stereocenters. The van der Waals surface area contributed by atoms with Crippen molar-refractivity contribution in [2.45, 2.75) is 19.5 Å². The number of anilines is 1. The van der Waals surface area contributed by atoms with Gasteiger partial charge in [-0.2, -0.15) is 0 Å². The molecule has 1 aromatic carbocycles. The Bertz CT molecular complexity index is 408. The summed E-state index contributed by atoms with van der Waals surface area (Å²) in [6, 6.07) is 6.73. The highest BCUT2D eigenvalue weighted by Gasteiger charge is 2.23. The first-order chi connectivity index (χ1) is 8.63. The summed E-state index contributed by atoms with van der Waals surface area (Å²) in [6.45, 7) is 6.29. The molecule has 1 aromatic rings. The van der Waals surface area contributed by atoms with Gasteiger partial charge in [0, 0.05) is 32.2 Å².